The van der Waals surface area contributed by atoms with Crippen molar-refractivity contribution in [1.29, 1.82) is 0 Å². The Bertz CT molecular complexity index is 984. The van der Waals surface area contributed by atoms with Gasteiger partial charge in [0.25, 0.3) is 0 Å². The molecular formula is C22H21ClF3N3O. The lowest BCUT2D eigenvalue weighted by molar-refractivity contribution is -0.137. The minimum atomic E-state index is -4.43. The molecule has 0 aliphatic carbocycles. The number of hydrogen-bond donors (Lipinski definition) is 1. The lowest BCUT2D eigenvalue weighted by Gasteiger charge is -2.26. The smallest absolute Gasteiger partial charge is 0.306 e. The van der Waals surface area contributed by atoms with Crippen molar-refractivity contribution >= 4 is 29.0 Å². The van der Waals surface area contributed by atoms with Crippen molar-refractivity contribution in [2.24, 2.45) is 10.5 Å². The minimum absolute atomic E-state index is 0.254. The largest absolute Gasteiger partial charge is 0.416 e. The summed E-state index contributed by atoms with van der Waals surface area (Å²) in [5.41, 5.74) is 1.53. The van der Waals surface area contributed by atoms with Crippen molar-refractivity contribution in [2.75, 3.05) is 11.9 Å². The predicted molar refractivity (Wildman–Crippen MR) is 113 cm³/mol. The van der Waals surface area contributed by atoms with Gasteiger partial charge in [-0.15, -0.1) is 6.58 Å². The highest BCUT2D eigenvalue weighted by Gasteiger charge is 2.41. The molecule has 1 N–H and O–H groups in total. The van der Waals surface area contributed by atoms with Crippen molar-refractivity contribution in [1.82, 2.24) is 5.01 Å². The average Bonchev–Trinajstić information content (AvgIpc) is 2.98. The Kier molecular flexibility index (Phi) is 5.94. The van der Waals surface area contributed by atoms with Crippen molar-refractivity contribution in [2.45, 2.75) is 26.4 Å². The Morgan fingerprint density at radius 2 is 1.80 bits per heavy atom. The molecule has 0 spiro atoms. The van der Waals surface area contributed by atoms with Crippen LogP contribution in [0.25, 0.3) is 0 Å². The van der Waals surface area contributed by atoms with Crippen LogP contribution in [0.5, 0.6) is 0 Å². The molecule has 1 atom stereocenters. The molecule has 3 rings (SSSR count). The van der Waals surface area contributed by atoms with Crippen LogP contribution in [0.3, 0.4) is 0 Å². The zero-order valence-corrected chi connectivity index (χ0v) is 17.3. The summed E-state index contributed by atoms with van der Waals surface area (Å²) in [6.45, 7) is 8.21. The summed E-state index contributed by atoms with van der Waals surface area (Å²) in [4.78, 5) is 12.7. The number of halogens is 4. The molecule has 2 aromatic rings. The summed E-state index contributed by atoms with van der Waals surface area (Å²) in [7, 11) is 0. The van der Waals surface area contributed by atoms with Crippen LogP contribution in [0.4, 0.5) is 23.7 Å². The first kappa shape index (κ1) is 21.9. The van der Waals surface area contributed by atoms with Crippen LogP contribution < -0.4 is 5.32 Å². The fourth-order valence-corrected chi connectivity index (χ4v) is 3.68. The number of nitrogens with one attached hydrogen (secondary N) is 1. The Labute approximate surface area is 178 Å². The molecule has 1 unspecified atom stereocenters. The second-order valence-electron chi connectivity index (χ2n) is 7.71. The summed E-state index contributed by atoms with van der Waals surface area (Å²) in [5.74, 6) is 0. The number of allylic oxidation sites excluding steroid dienone is 1. The molecule has 1 heterocycles. The molecule has 0 bridgehead atoms. The van der Waals surface area contributed by atoms with Crippen LogP contribution >= 0.6 is 11.6 Å². The number of urea groups is 1. The molecule has 0 saturated heterocycles. The number of hydrogen-bond acceptors (Lipinski definition) is 2. The molecule has 1 aliphatic rings. The number of carbonyl (C=O) groups excluding carboxylic acids is 1. The topological polar surface area (TPSA) is 44.7 Å². The van der Waals surface area contributed by atoms with Gasteiger partial charge < -0.3 is 5.32 Å². The summed E-state index contributed by atoms with van der Waals surface area (Å²) in [5, 5.41) is 9.01. The normalized spacial score (nSPS) is 18.9. The van der Waals surface area contributed by atoms with E-state index < -0.39 is 23.2 Å². The number of benzene rings is 2. The lowest BCUT2D eigenvalue weighted by atomic mass is 9.77. The number of amides is 2. The molecule has 30 heavy (non-hydrogen) atoms. The van der Waals surface area contributed by atoms with E-state index >= 15 is 0 Å². The SMILES string of the molecule is C=C(C)CC1(C)CN(C(=O)Nc2ccc(C(F)(F)F)cc2)N=C1c1ccc(Cl)cc1. The number of carbonyl (C=O) groups is 1. The zero-order chi connectivity index (χ0) is 22.1. The molecule has 158 valence electrons. The quantitative estimate of drug-likeness (QED) is 0.541. The molecule has 0 saturated carbocycles. The maximum atomic E-state index is 12.7. The van der Waals surface area contributed by atoms with Gasteiger partial charge in [0.15, 0.2) is 0 Å². The van der Waals surface area contributed by atoms with Crippen LogP contribution in [0.15, 0.2) is 65.8 Å². The fourth-order valence-electron chi connectivity index (χ4n) is 3.55. The number of alkyl halides is 3. The highest BCUT2D eigenvalue weighted by Crippen LogP contribution is 2.37. The van der Waals surface area contributed by atoms with Gasteiger partial charge in [0, 0.05) is 16.1 Å². The number of anilines is 1. The van der Waals surface area contributed by atoms with E-state index in [-0.39, 0.29) is 5.69 Å². The molecule has 0 aromatic heterocycles. The van der Waals surface area contributed by atoms with E-state index in [2.05, 4.69) is 17.0 Å². The molecule has 2 amide bonds. The van der Waals surface area contributed by atoms with Crippen LogP contribution in [-0.2, 0) is 6.18 Å². The third-order valence-corrected chi connectivity index (χ3v) is 5.05. The molecule has 8 heteroatoms. The van der Waals surface area contributed by atoms with Crippen LogP contribution in [0, 0.1) is 5.41 Å². The van der Waals surface area contributed by atoms with Crippen LogP contribution in [-0.4, -0.2) is 23.3 Å². The van der Waals surface area contributed by atoms with Crippen molar-refractivity contribution < 1.29 is 18.0 Å². The van der Waals surface area contributed by atoms with E-state index in [0.717, 1.165) is 29.0 Å². The van der Waals surface area contributed by atoms with E-state index in [4.69, 9.17) is 11.6 Å². The number of rotatable bonds is 4. The lowest BCUT2D eigenvalue weighted by Crippen LogP contribution is -2.35. The van der Waals surface area contributed by atoms with Gasteiger partial charge in [-0.05, 0) is 55.3 Å². The van der Waals surface area contributed by atoms with E-state index in [1.165, 1.54) is 17.1 Å². The molecule has 1 aliphatic heterocycles. The fraction of sp³-hybridized carbons (Fsp3) is 0.273. The third-order valence-electron chi connectivity index (χ3n) is 4.80. The van der Waals surface area contributed by atoms with Gasteiger partial charge in [0.1, 0.15) is 0 Å². The molecule has 4 nitrogen and oxygen atoms in total. The van der Waals surface area contributed by atoms with Gasteiger partial charge in [0.2, 0.25) is 0 Å². The highest BCUT2D eigenvalue weighted by atomic mass is 35.5. The maximum Gasteiger partial charge on any atom is 0.416 e. The van der Waals surface area contributed by atoms with Gasteiger partial charge in [-0.2, -0.15) is 18.3 Å². The third kappa shape index (κ3) is 4.84. The van der Waals surface area contributed by atoms with Gasteiger partial charge in [0.05, 0.1) is 17.8 Å². The first-order valence-electron chi connectivity index (χ1n) is 9.23. The van der Waals surface area contributed by atoms with Crippen molar-refractivity contribution in [3.8, 4) is 0 Å². The summed E-state index contributed by atoms with van der Waals surface area (Å²) in [6, 6.07) is 11.0. The van der Waals surface area contributed by atoms with Crippen LogP contribution in [0.2, 0.25) is 5.02 Å². The Morgan fingerprint density at radius 3 is 2.33 bits per heavy atom. The second kappa shape index (κ2) is 8.14. The Balaban J connectivity index is 1.83. The predicted octanol–water partition coefficient (Wildman–Crippen LogP) is 6.58. The van der Waals surface area contributed by atoms with Gasteiger partial charge in [-0.3, -0.25) is 0 Å². The standard InChI is InChI=1S/C22H21ClF3N3O/c1-14(2)12-21(3)13-29(28-19(21)15-4-8-17(23)9-5-15)20(30)27-18-10-6-16(7-11-18)22(24,25)26/h4-11H,1,12-13H2,2-3H3,(H,27,30). The highest BCUT2D eigenvalue weighted by molar-refractivity contribution is 6.30. The molecule has 0 fully saturated rings. The first-order chi connectivity index (χ1) is 14.0. The van der Waals surface area contributed by atoms with E-state index in [1.54, 1.807) is 12.1 Å². The van der Waals surface area contributed by atoms with Crippen LogP contribution in [0.1, 0.15) is 31.4 Å². The monoisotopic (exact) mass is 435 g/mol. The number of nitrogens with zero attached hydrogens (tertiary/aromatic N) is 2. The maximum absolute atomic E-state index is 12.7. The summed E-state index contributed by atoms with van der Waals surface area (Å²) >= 11 is 5.98. The second-order valence-corrected chi connectivity index (χ2v) is 8.15. The minimum Gasteiger partial charge on any atom is -0.306 e. The van der Waals surface area contributed by atoms with Gasteiger partial charge in [-0.25, -0.2) is 9.80 Å². The zero-order valence-electron chi connectivity index (χ0n) is 16.6. The molecule has 2 aromatic carbocycles. The number of hydrazone groups is 1. The van der Waals surface area contributed by atoms with E-state index in [0.29, 0.717) is 18.0 Å². The Morgan fingerprint density at radius 1 is 1.20 bits per heavy atom. The van der Waals surface area contributed by atoms with Gasteiger partial charge >= 0.3 is 12.2 Å². The first-order valence-corrected chi connectivity index (χ1v) is 9.61. The summed E-state index contributed by atoms with van der Waals surface area (Å²) < 4.78 is 38.2. The van der Waals surface area contributed by atoms with E-state index in [1.807, 2.05) is 26.0 Å². The van der Waals surface area contributed by atoms with E-state index in [9.17, 15) is 18.0 Å². The van der Waals surface area contributed by atoms with Gasteiger partial charge in [-0.1, -0.05) is 36.2 Å². The van der Waals surface area contributed by atoms with Crippen molar-refractivity contribution in [3.63, 3.8) is 0 Å². The van der Waals surface area contributed by atoms with Crippen molar-refractivity contribution in [3.05, 3.63) is 76.8 Å². The molecular weight excluding hydrogens is 415 g/mol. The Hall–Kier alpha value is -2.80. The summed E-state index contributed by atoms with van der Waals surface area (Å²) in [6.07, 6.45) is -3.81. The molecule has 0 radical (unpaired) electrons. The average molecular weight is 436 g/mol.